The molecular weight excluding hydrogens is 414 g/mol. The van der Waals surface area contributed by atoms with E-state index >= 15 is 0 Å². The third-order valence-electron chi connectivity index (χ3n) is 5.64. The molecule has 5 rings (SSSR count). The molecule has 1 aliphatic heterocycles. The van der Waals surface area contributed by atoms with Gasteiger partial charge in [-0.05, 0) is 59.7 Å². The molecule has 2 aromatic carbocycles. The van der Waals surface area contributed by atoms with Crippen molar-refractivity contribution in [2.24, 2.45) is 0 Å². The van der Waals surface area contributed by atoms with E-state index in [1.807, 2.05) is 24.3 Å². The largest absolute Gasteiger partial charge is 0.477 e. The third kappa shape index (κ3) is 3.86. The number of carbonyl (C=O) groups is 1. The van der Waals surface area contributed by atoms with Crippen LogP contribution >= 0.6 is 0 Å². The van der Waals surface area contributed by atoms with Crippen molar-refractivity contribution in [1.82, 2.24) is 9.71 Å². The molecule has 2 amide bonds. The third-order valence-corrected chi connectivity index (χ3v) is 6.97. The van der Waals surface area contributed by atoms with E-state index < -0.39 is 16.1 Å². The average molecular weight is 436 g/mol. The number of ether oxygens (including phenoxy) is 1. The van der Waals surface area contributed by atoms with Gasteiger partial charge < -0.3 is 10.1 Å². The van der Waals surface area contributed by atoms with Crippen molar-refractivity contribution >= 4 is 21.7 Å². The van der Waals surface area contributed by atoms with Gasteiger partial charge >= 0.3 is 6.03 Å². The lowest BCUT2D eigenvalue weighted by molar-refractivity contribution is 0.256. The van der Waals surface area contributed by atoms with Gasteiger partial charge in [-0.25, -0.2) is 22.9 Å². The number of urea groups is 1. The molecule has 2 N–H and O–H groups in total. The molecule has 158 valence electrons. The molecule has 4 bridgehead atoms. The molecule has 0 spiro atoms. The molecule has 0 saturated carbocycles. The van der Waals surface area contributed by atoms with Gasteiger partial charge in [0.25, 0.3) is 10.0 Å². The first-order valence-electron chi connectivity index (χ1n) is 10.2. The van der Waals surface area contributed by atoms with Gasteiger partial charge in [0, 0.05) is 24.2 Å². The Balaban J connectivity index is 1.63. The number of pyridine rings is 1. The van der Waals surface area contributed by atoms with Crippen molar-refractivity contribution in [3.05, 3.63) is 71.4 Å². The highest BCUT2D eigenvalue weighted by Gasteiger charge is 2.23. The summed E-state index contributed by atoms with van der Waals surface area (Å²) in [5, 5.41) is 2.81. The number of benzene rings is 2. The number of sulfonamides is 1. The summed E-state index contributed by atoms with van der Waals surface area (Å²) in [4.78, 5) is 17.1. The lowest BCUT2D eigenvalue weighted by atomic mass is 9.98. The van der Waals surface area contributed by atoms with E-state index in [1.54, 1.807) is 18.3 Å². The van der Waals surface area contributed by atoms with Crippen molar-refractivity contribution in [3.8, 4) is 17.0 Å². The van der Waals surface area contributed by atoms with E-state index in [4.69, 9.17) is 4.74 Å². The number of rotatable bonds is 0. The minimum absolute atomic E-state index is 0.0345. The van der Waals surface area contributed by atoms with E-state index in [2.05, 4.69) is 21.1 Å². The zero-order valence-corrected chi connectivity index (χ0v) is 17.5. The molecular formula is C23H21N3O4S. The number of hydrogen-bond acceptors (Lipinski definition) is 5. The maximum atomic E-state index is 12.8. The van der Waals surface area contributed by atoms with E-state index in [0.717, 1.165) is 47.1 Å². The van der Waals surface area contributed by atoms with Gasteiger partial charge in [0.1, 0.15) is 0 Å². The summed E-state index contributed by atoms with van der Waals surface area (Å²) in [6.07, 6.45) is 4.92. The van der Waals surface area contributed by atoms with Crippen molar-refractivity contribution in [2.75, 3.05) is 11.9 Å². The molecule has 31 heavy (non-hydrogen) atoms. The Kier molecular flexibility index (Phi) is 4.86. The molecule has 2 heterocycles. The Hall–Kier alpha value is -3.39. The molecule has 3 aromatic rings. The van der Waals surface area contributed by atoms with Crippen LogP contribution in [0.1, 0.15) is 23.1 Å². The zero-order valence-electron chi connectivity index (χ0n) is 16.7. The van der Waals surface area contributed by atoms with Gasteiger partial charge in [-0.15, -0.1) is 0 Å². The molecule has 0 radical (unpaired) electrons. The lowest BCUT2D eigenvalue weighted by Gasteiger charge is -2.17. The predicted molar refractivity (Wildman–Crippen MR) is 117 cm³/mol. The molecule has 1 aromatic heterocycles. The quantitative estimate of drug-likeness (QED) is 0.561. The topological polar surface area (TPSA) is 97.4 Å². The van der Waals surface area contributed by atoms with Crippen LogP contribution in [-0.4, -0.2) is 26.0 Å². The summed E-state index contributed by atoms with van der Waals surface area (Å²) in [5.41, 5.74) is 5.26. The number of aryl methyl sites for hydroxylation is 1. The average Bonchev–Trinajstić information content (AvgIpc) is 3.23. The number of hydrogen-bond donors (Lipinski definition) is 2. The highest BCUT2D eigenvalue weighted by Crippen LogP contribution is 2.38. The minimum Gasteiger partial charge on any atom is -0.477 e. The second-order valence-corrected chi connectivity index (χ2v) is 9.35. The van der Waals surface area contributed by atoms with Gasteiger partial charge in [-0.3, -0.25) is 0 Å². The van der Waals surface area contributed by atoms with Crippen molar-refractivity contribution in [2.45, 2.75) is 30.6 Å². The van der Waals surface area contributed by atoms with Gasteiger partial charge in [0.05, 0.1) is 17.2 Å². The molecule has 0 fully saturated rings. The molecule has 0 saturated heterocycles. The number of carbonyl (C=O) groups excluding carboxylic acids is 1. The van der Waals surface area contributed by atoms with Crippen LogP contribution in [0.3, 0.4) is 0 Å². The van der Waals surface area contributed by atoms with Crippen LogP contribution in [0.5, 0.6) is 5.88 Å². The fourth-order valence-electron chi connectivity index (χ4n) is 4.17. The molecule has 0 unspecified atom stereocenters. The van der Waals surface area contributed by atoms with Crippen molar-refractivity contribution < 1.29 is 17.9 Å². The second-order valence-electron chi connectivity index (χ2n) is 7.67. The fourth-order valence-corrected chi connectivity index (χ4v) is 5.14. The molecule has 8 heteroatoms. The van der Waals surface area contributed by atoms with E-state index in [9.17, 15) is 13.2 Å². The number of fused-ring (bicyclic) bond motifs is 8. The standard InChI is InChI=1S/C23H21N3O4S/c27-23-25-22-19-6-2-4-16(19)7-8-20(22)17-9-11-24-21(14-17)30-12-10-15-3-1-5-18(13-15)31(28,29)26-23/h1,3,5,7-9,11,13-14H,2,4,6,10,12H2,(H2,25,26,27). The highest BCUT2D eigenvalue weighted by atomic mass is 32.2. The first-order valence-corrected chi connectivity index (χ1v) is 11.6. The maximum absolute atomic E-state index is 12.8. The smallest absolute Gasteiger partial charge is 0.333 e. The maximum Gasteiger partial charge on any atom is 0.333 e. The Labute approximate surface area is 180 Å². The highest BCUT2D eigenvalue weighted by molar-refractivity contribution is 7.90. The molecule has 7 nitrogen and oxygen atoms in total. The zero-order chi connectivity index (χ0) is 21.4. The van der Waals surface area contributed by atoms with Crippen LogP contribution in [0.25, 0.3) is 11.1 Å². The normalized spacial score (nSPS) is 17.1. The Morgan fingerprint density at radius 3 is 2.81 bits per heavy atom. The number of nitrogens with one attached hydrogen (secondary N) is 2. The van der Waals surface area contributed by atoms with Gasteiger partial charge in [0.2, 0.25) is 5.88 Å². The number of amides is 2. The second kappa shape index (κ2) is 7.70. The first-order chi connectivity index (χ1) is 15.0. The summed E-state index contributed by atoms with van der Waals surface area (Å²) in [6, 6.07) is 13.4. The number of nitrogens with zero attached hydrogens (tertiary/aromatic N) is 1. The van der Waals surface area contributed by atoms with E-state index in [-0.39, 0.29) is 4.90 Å². The van der Waals surface area contributed by atoms with Crippen LogP contribution < -0.4 is 14.8 Å². The van der Waals surface area contributed by atoms with E-state index in [1.165, 1.54) is 6.07 Å². The molecule has 2 aliphatic rings. The summed E-state index contributed by atoms with van der Waals surface area (Å²) in [5.74, 6) is 0.479. The lowest BCUT2D eigenvalue weighted by Crippen LogP contribution is -2.34. The van der Waals surface area contributed by atoms with Crippen LogP contribution in [0, 0.1) is 0 Å². The molecule has 0 atom stereocenters. The van der Waals surface area contributed by atoms with Gasteiger partial charge in [0.15, 0.2) is 0 Å². The first kappa shape index (κ1) is 19.6. The van der Waals surface area contributed by atoms with Crippen LogP contribution in [-0.2, 0) is 29.3 Å². The van der Waals surface area contributed by atoms with Crippen LogP contribution in [0.2, 0.25) is 0 Å². The number of anilines is 1. The van der Waals surface area contributed by atoms with Crippen molar-refractivity contribution in [1.29, 1.82) is 0 Å². The molecule has 1 aliphatic carbocycles. The fraction of sp³-hybridized carbons (Fsp3) is 0.217. The summed E-state index contributed by atoms with van der Waals surface area (Å²) in [7, 11) is -4.02. The van der Waals surface area contributed by atoms with Crippen LogP contribution in [0.4, 0.5) is 10.5 Å². The Morgan fingerprint density at radius 1 is 1.00 bits per heavy atom. The summed E-state index contributed by atoms with van der Waals surface area (Å²) >= 11 is 0. The Bertz CT molecular complexity index is 1290. The van der Waals surface area contributed by atoms with Crippen molar-refractivity contribution in [3.63, 3.8) is 0 Å². The SMILES string of the molecule is O=C1Nc2c(ccc3c2CCC3)-c2ccnc(c2)OCCc2cccc(c2)S(=O)(=O)N1. The monoisotopic (exact) mass is 435 g/mol. The number of aromatic nitrogens is 1. The summed E-state index contributed by atoms with van der Waals surface area (Å²) < 4.78 is 33.6. The van der Waals surface area contributed by atoms with E-state index in [0.29, 0.717) is 24.6 Å². The Morgan fingerprint density at radius 2 is 1.90 bits per heavy atom. The van der Waals surface area contributed by atoms with Gasteiger partial charge in [-0.1, -0.05) is 24.3 Å². The predicted octanol–water partition coefficient (Wildman–Crippen LogP) is 3.68. The minimum atomic E-state index is -4.02. The van der Waals surface area contributed by atoms with Gasteiger partial charge in [-0.2, -0.15) is 0 Å². The van der Waals surface area contributed by atoms with Crippen LogP contribution in [0.15, 0.2) is 59.6 Å². The summed E-state index contributed by atoms with van der Waals surface area (Å²) in [6.45, 7) is 0.349.